The molecule has 1 unspecified atom stereocenters. The molecule has 0 spiro atoms. The van der Waals surface area contributed by atoms with E-state index >= 15 is 0 Å². The number of anilines is 1. The molecule has 2 N–H and O–H groups in total. The topological polar surface area (TPSA) is 46.3 Å². The number of fused-ring (bicyclic) bond motifs is 1. The van der Waals surface area contributed by atoms with Crippen LogP contribution in [-0.4, -0.2) is 19.0 Å². The van der Waals surface area contributed by atoms with Crippen LogP contribution in [0.1, 0.15) is 38.7 Å². The van der Waals surface area contributed by atoms with Crippen LogP contribution in [0.4, 0.5) is 5.69 Å². The normalized spacial score (nSPS) is 16.7. The quantitative estimate of drug-likeness (QED) is 0.917. The molecule has 0 aliphatic carbocycles. The van der Waals surface area contributed by atoms with Crippen molar-refractivity contribution >= 4 is 11.6 Å². The molecule has 2 rings (SSSR count). The van der Waals surface area contributed by atoms with Crippen LogP contribution in [0.5, 0.6) is 0 Å². The maximum Gasteiger partial charge on any atom is 0.231 e. The van der Waals surface area contributed by atoms with Crippen molar-refractivity contribution in [2.45, 2.75) is 39.5 Å². The van der Waals surface area contributed by atoms with Crippen molar-refractivity contribution < 1.29 is 4.79 Å². The van der Waals surface area contributed by atoms with Crippen LogP contribution in [-0.2, 0) is 11.2 Å². The first-order chi connectivity index (χ1) is 9.63. The number of para-hydroxylation sites is 1. The van der Waals surface area contributed by atoms with Gasteiger partial charge in [0.1, 0.15) is 0 Å². The lowest BCUT2D eigenvalue weighted by atomic mass is 9.95. The lowest BCUT2D eigenvalue weighted by Gasteiger charge is -2.28. The summed E-state index contributed by atoms with van der Waals surface area (Å²) in [6.45, 7) is 5.55. The maximum absolute atomic E-state index is 12.8. The van der Waals surface area contributed by atoms with Crippen LogP contribution >= 0.6 is 0 Å². The van der Waals surface area contributed by atoms with Gasteiger partial charge in [0, 0.05) is 18.8 Å². The zero-order valence-electron chi connectivity index (χ0n) is 12.6. The highest BCUT2D eigenvalue weighted by molar-refractivity contribution is 5.96. The van der Waals surface area contributed by atoms with Crippen molar-refractivity contribution in [3.63, 3.8) is 0 Å². The molecule has 1 aliphatic heterocycles. The van der Waals surface area contributed by atoms with Gasteiger partial charge in [0.25, 0.3) is 0 Å². The number of carbonyl (C=O) groups is 1. The standard InChI is InChI=1S/C17H26N2O/c1-13(2)11-15(12-18)17(20)19-10-6-5-8-14-7-3-4-9-16(14)19/h3-4,7,9,13,15H,5-6,8,10-12,18H2,1-2H3. The molecule has 0 bridgehead atoms. The van der Waals surface area contributed by atoms with E-state index in [4.69, 9.17) is 5.73 Å². The van der Waals surface area contributed by atoms with Gasteiger partial charge in [-0.05, 0) is 43.2 Å². The lowest BCUT2D eigenvalue weighted by molar-refractivity contribution is -0.122. The average molecular weight is 274 g/mol. The van der Waals surface area contributed by atoms with Crippen molar-refractivity contribution in [3.8, 4) is 0 Å². The van der Waals surface area contributed by atoms with Gasteiger partial charge in [-0.2, -0.15) is 0 Å². The predicted molar refractivity (Wildman–Crippen MR) is 83.7 cm³/mol. The van der Waals surface area contributed by atoms with Crippen molar-refractivity contribution in [3.05, 3.63) is 29.8 Å². The van der Waals surface area contributed by atoms with Gasteiger partial charge in [0.15, 0.2) is 0 Å². The van der Waals surface area contributed by atoms with Crippen molar-refractivity contribution in [2.75, 3.05) is 18.0 Å². The summed E-state index contributed by atoms with van der Waals surface area (Å²) in [5.74, 6) is 0.645. The highest BCUT2D eigenvalue weighted by Gasteiger charge is 2.27. The molecule has 3 heteroatoms. The van der Waals surface area contributed by atoms with Crippen LogP contribution < -0.4 is 10.6 Å². The summed E-state index contributed by atoms with van der Waals surface area (Å²) >= 11 is 0. The van der Waals surface area contributed by atoms with Crippen LogP contribution in [0.3, 0.4) is 0 Å². The molecule has 0 saturated heterocycles. The summed E-state index contributed by atoms with van der Waals surface area (Å²) in [4.78, 5) is 14.8. The van der Waals surface area contributed by atoms with Crippen molar-refractivity contribution in [2.24, 2.45) is 17.6 Å². The molecular weight excluding hydrogens is 248 g/mol. The molecule has 1 aromatic rings. The summed E-state index contributed by atoms with van der Waals surface area (Å²) in [6.07, 6.45) is 4.16. The van der Waals surface area contributed by atoms with E-state index in [0.29, 0.717) is 12.5 Å². The largest absolute Gasteiger partial charge is 0.330 e. The number of amides is 1. The van der Waals surface area contributed by atoms with E-state index in [1.807, 2.05) is 11.0 Å². The number of nitrogens with zero attached hydrogens (tertiary/aromatic N) is 1. The predicted octanol–water partition coefficient (Wildman–Crippen LogP) is 2.98. The third-order valence-corrected chi connectivity index (χ3v) is 4.02. The highest BCUT2D eigenvalue weighted by Crippen LogP contribution is 2.28. The Balaban J connectivity index is 2.24. The maximum atomic E-state index is 12.8. The smallest absolute Gasteiger partial charge is 0.231 e. The van der Waals surface area contributed by atoms with E-state index in [1.54, 1.807) is 0 Å². The van der Waals surface area contributed by atoms with Gasteiger partial charge < -0.3 is 10.6 Å². The van der Waals surface area contributed by atoms with Gasteiger partial charge in [-0.3, -0.25) is 4.79 Å². The van der Waals surface area contributed by atoms with E-state index in [-0.39, 0.29) is 11.8 Å². The molecule has 1 amide bonds. The minimum Gasteiger partial charge on any atom is -0.330 e. The molecule has 1 heterocycles. The zero-order valence-corrected chi connectivity index (χ0v) is 12.6. The summed E-state index contributed by atoms with van der Waals surface area (Å²) in [6, 6.07) is 8.29. The number of hydrogen-bond acceptors (Lipinski definition) is 2. The SMILES string of the molecule is CC(C)CC(CN)C(=O)N1CCCCc2ccccc21. The Hall–Kier alpha value is -1.35. The second-order valence-corrected chi connectivity index (χ2v) is 6.14. The molecule has 1 aromatic carbocycles. The van der Waals surface area contributed by atoms with E-state index in [2.05, 4.69) is 32.0 Å². The molecule has 1 aliphatic rings. The minimum absolute atomic E-state index is 0.0545. The summed E-state index contributed by atoms with van der Waals surface area (Å²) in [5.41, 5.74) is 8.23. The Morgan fingerprint density at radius 2 is 2.05 bits per heavy atom. The van der Waals surface area contributed by atoms with Crippen LogP contribution in [0, 0.1) is 11.8 Å². The third kappa shape index (κ3) is 3.40. The molecule has 1 atom stereocenters. The summed E-state index contributed by atoms with van der Waals surface area (Å²) in [7, 11) is 0. The number of rotatable bonds is 4. The van der Waals surface area contributed by atoms with Gasteiger partial charge in [0.05, 0.1) is 5.92 Å². The minimum atomic E-state index is -0.0545. The molecule has 3 nitrogen and oxygen atoms in total. The first kappa shape index (κ1) is 15.0. The molecule has 0 aromatic heterocycles. The monoisotopic (exact) mass is 274 g/mol. The average Bonchev–Trinajstić information content (AvgIpc) is 2.66. The first-order valence-electron chi connectivity index (χ1n) is 7.72. The molecule has 0 radical (unpaired) electrons. The Kier molecular flexibility index (Phi) is 5.18. The van der Waals surface area contributed by atoms with Crippen LogP contribution in [0.25, 0.3) is 0 Å². The fraction of sp³-hybridized carbons (Fsp3) is 0.588. The fourth-order valence-corrected chi connectivity index (χ4v) is 3.01. The van der Waals surface area contributed by atoms with E-state index in [9.17, 15) is 4.79 Å². The zero-order chi connectivity index (χ0) is 14.5. The van der Waals surface area contributed by atoms with Gasteiger partial charge in [-0.15, -0.1) is 0 Å². The second kappa shape index (κ2) is 6.89. The molecule has 0 saturated carbocycles. The number of benzene rings is 1. The van der Waals surface area contributed by atoms with Crippen molar-refractivity contribution in [1.29, 1.82) is 0 Å². The molecule has 110 valence electrons. The summed E-state index contributed by atoms with van der Waals surface area (Å²) in [5, 5.41) is 0. The second-order valence-electron chi connectivity index (χ2n) is 6.14. The van der Waals surface area contributed by atoms with E-state index in [1.165, 1.54) is 5.56 Å². The Labute approximate surface area is 122 Å². The number of nitrogens with two attached hydrogens (primary N) is 1. The van der Waals surface area contributed by atoms with E-state index < -0.39 is 0 Å². The summed E-state index contributed by atoms with van der Waals surface area (Å²) < 4.78 is 0. The van der Waals surface area contributed by atoms with Crippen molar-refractivity contribution in [1.82, 2.24) is 0 Å². The van der Waals surface area contributed by atoms with E-state index in [0.717, 1.165) is 37.9 Å². The van der Waals surface area contributed by atoms with Crippen LogP contribution in [0.2, 0.25) is 0 Å². The molecular formula is C17H26N2O. The Morgan fingerprint density at radius 1 is 1.30 bits per heavy atom. The molecule has 0 fully saturated rings. The Bertz CT molecular complexity index is 456. The number of carbonyl (C=O) groups excluding carboxylic acids is 1. The number of aryl methyl sites for hydroxylation is 1. The van der Waals surface area contributed by atoms with Gasteiger partial charge in [0.2, 0.25) is 5.91 Å². The lowest BCUT2D eigenvalue weighted by Crippen LogP contribution is -2.40. The first-order valence-corrected chi connectivity index (χ1v) is 7.72. The van der Waals surface area contributed by atoms with Gasteiger partial charge in [-0.1, -0.05) is 32.0 Å². The van der Waals surface area contributed by atoms with Gasteiger partial charge >= 0.3 is 0 Å². The highest BCUT2D eigenvalue weighted by atomic mass is 16.2. The van der Waals surface area contributed by atoms with Crippen LogP contribution in [0.15, 0.2) is 24.3 Å². The number of hydrogen-bond donors (Lipinski definition) is 1. The Morgan fingerprint density at radius 3 is 2.75 bits per heavy atom. The fourth-order valence-electron chi connectivity index (χ4n) is 3.01. The molecule has 20 heavy (non-hydrogen) atoms. The van der Waals surface area contributed by atoms with Gasteiger partial charge in [-0.25, -0.2) is 0 Å². The third-order valence-electron chi connectivity index (χ3n) is 4.02.